The van der Waals surface area contributed by atoms with Crippen LogP contribution in [-0.4, -0.2) is 14.8 Å². The summed E-state index contributed by atoms with van der Waals surface area (Å²) in [4.78, 5) is 1.19. The number of nitrogens with zero attached hydrogens (tertiary/aromatic N) is 2. The van der Waals surface area contributed by atoms with Gasteiger partial charge in [-0.3, -0.25) is 9.67 Å². The normalized spacial score (nSPS) is 22.4. The van der Waals surface area contributed by atoms with Crippen molar-refractivity contribution in [2.75, 3.05) is 0 Å². The Labute approximate surface area is 116 Å². The monoisotopic (exact) mass is 279 g/mol. The molecule has 1 unspecified atom stereocenters. The molecule has 1 saturated carbocycles. The quantitative estimate of drug-likeness (QED) is 0.826. The Morgan fingerprint density at radius 3 is 3.00 bits per heavy atom. The van der Waals surface area contributed by atoms with Gasteiger partial charge in [-0.05, 0) is 41.9 Å². The molecule has 2 heterocycles. The molecule has 2 aromatic rings. The van der Waals surface area contributed by atoms with Gasteiger partial charge in [0.1, 0.15) is 0 Å². The van der Waals surface area contributed by atoms with E-state index in [9.17, 15) is 0 Å². The predicted molar refractivity (Wildman–Crippen MR) is 77.4 cm³/mol. The number of rotatable bonds is 2. The predicted octanol–water partition coefficient (Wildman–Crippen LogP) is 4.42. The van der Waals surface area contributed by atoms with E-state index in [1.165, 1.54) is 24.1 Å². The molecule has 0 radical (unpaired) electrons. The van der Waals surface area contributed by atoms with Crippen LogP contribution in [0, 0.1) is 10.2 Å². The summed E-state index contributed by atoms with van der Waals surface area (Å²) in [6.45, 7) is 4.66. The number of hydrogen-bond donors (Lipinski definition) is 1. The minimum atomic E-state index is 0.300. The molecular weight excluding hydrogens is 262 g/mol. The second-order valence-electron chi connectivity index (χ2n) is 5.60. The molecule has 18 heavy (non-hydrogen) atoms. The van der Waals surface area contributed by atoms with Gasteiger partial charge in [-0.15, -0.1) is 11.3 Å². The molecule has 1 N–H and O–H groups in total. The highest BCUT2D eigenvalue weighted by molar-refractivity contribution is 7.71. The topological polar surface area (TPSA) is 33.6 Å². The van der Waals surface area contributed by atoms with Gasteiger partial charge in [-0.1, -0.05) is 26.3 Å². The van der Waals surface area contributed by atoms with Crippen LogP contribution in [0.3, 0.4) is 0 Å². The van der Waals surface area contributed by atoms with Gasteiger partial charge in [0.05, 0.1) is 4.88 Å². The summed E-state index contributed by atoms with van der Waals surface area (Å²) in [6.07, 6.45) is 3.72. The Bertz CT molecular complexity index is 592. The smallest absolute Gasteiger partial charge is 0.195 e. The maximum absolute atomic E-state index is 5.44. The third kappa shape index (κ3) is 1.86. The van der Waals surface area contributed by atoms with Crippen LogP contribution < -0.4 is 0 Å². The lowest BCUT2D eigenvalue weighted by molar-refractivity contribution is 0.260. The van der Waals surface area contributed by atoms with Crippen molar-refractivity contribution in [3.8, 4) is 10.7 Å². The van der Waals surface area contributed by atoms with Crippen LogP contribution in [0.4, 0.5) is 0 Å². The first-order chi connectivity index (χ1) is 8.59. The van der Waals surface area contributed by atoms with Gasteiger partial charge in [-0.2, -0.15) is 5.10 Å². The molecule has 3 nitrogen and oxygen atoms in total. The van der Waals surface area contributed by atoms with Gasteiger partial charge in [-0.25, -0.2) is 0 Å². The lowest BCUT2D eigenvalue weighted by Crippen LogP contribution is -2.22. The summed E-state index contributed by atoms with van der Waals surface area (Å²) in [5.74, 6) is 0.995. The van der Waals surface area contributed by atoms with Gasteiger partial charge in [0, 0.05) is 6.04 Å². The summed E-state index contributed by atoms with van der Waals surface area (Å²) in [5.41, 5.74) is 0.300. The van der Waals surface area contributed by atoms with Crippen LogP contribution in [0.1, 0.15) is 39.2 Å². The van der Waals surface area contributed by atoms with Crippen LogP contribution in [0.2, 0.25) is 0 Å². The molecule has 1 aliphatic rings. The standard InChI is InChI=1S/C13H17N3S2/c1-13(2)7-3-6-10(13)16-11(14-15-12(16)17)9-5-4-8-18-9/h4-5,8,10H,3,6-7H2,1-2H3,(H,15,17). The molecule has 1 atom stereocenters. The fraction of sp³-hybridized carbons (Fsp3) is 0.538. The fourth-order valence-electron chi connectivity index (χ4n) is 2.96. The first-order valence-corrected chi connectivity index (χ1v) is 7.59. The van der Waals surface area contributed by atoms with E-state index < -0.39 is 0 Å². The number of H-pyrrole nitrogens is 1. The van der Waals surface area contributed by atoms with E-state index in [1.807, 2.05) is 0 Å². The maximum atomic E-state index is 5.44. The molecule has 1 fully saturated rings. The van der Waals surface area contributed by atoms with Crippen molar-refractivity contribution in [3.63, 3.8) is 0 Å². The van der Waals surface area contributed by atoms with Crippen molar-refractivity contribution in [1.82, 2.24) is 14.8 Å². The zero-order valence-corrected chi connectivity index (χ0v) is 12.3. The SMILES string of the molecule is CC1(C)CCCC1n1c(-c2cccs2)n[nH]c1=S. The summed E-state index contributed by atoms with van der Waals surface area (Å²) in [7, 11) is 0. The molecule has 0 saturated heterocycles. The van der Waals surface area contributed by atoms with Gasteiger partial charge >= 0.3 is 0 Å². The molecule has 0 spiro atoms. The number of aromatic nitrogens is 3. The molecule has 5 heteroatoms. The minimum Gasteiger partial charge on any atom is -0.296 e. The second kappa shape index (κ2) is 4.31. The van der Waals surface area contributed by atoms with E-state index >= 15 is 0 Å². The van der Waals surface area contributed by atoms with Gasteiger partial charge < -0.3 is 0 Å². The van der Waals surface area contributed by atoms with Crippen molar-refractivity contribution < 1.29 is 0 Å². The third-order valence-corrected chi connectivity index (χ3v) is 5.11. The van der Waals surface area contributed by atoms with E-state index in [-0.39, 0.29) is 0 Å². The molecule has 0 bridgehead atoms. The van der Waals surface area contributed by atoms with E-state index in [1.54, 1.807) is 11.3 Å². The lowest BCUT2D eigenvalue weighted by Gasteiger charge is -2.28. The average molecular weight is 279 g/mol. The molecular formula is C13H17N3S2. The molecule has 1 aliphatic carbocycles. The van der Waals surface area contributed by atoms with Crippen LogP contribution in [0.15, 0.2) is 17.5 Å². The minimum absolute atomic E-state index is 0.300. The Morgan fingerprint density at radius 1 is 1.56 bits per heavy atom. The first-order valence-electron chi connectivity index (χ1n) is 6.30. The van der Waals surface area contributed by atoms with Crippen LogP contribution in [-0.2, 0) is 0 Å². The lowest BCUT2D eigenvalue weighted by atomic mass is 9.87. The maximum Gasteiger partial charge on any atom is 0.195 e. The van der Waals surface area contributed by atoms with Crippen molar-refractivity contribution in [2.45, 2.75) is 39.2 Å². The van der Waals surface area contributed by atoms with E-state index in [4.69, 9.17) is 12.2 Å². The second-order valence-corrected chi connectivity index (χ2v) is 6.93. The highest BCUT2D eigenvalue weighted by atomic mass is 32.1. The molecule has 0 amide bonds. The van der Waals surface area contributed by atoms with Gasteiger partial charge in [0.2, 0.25) is 0 Å². The van der Waals surface area contributed by atoms with E-state index in [0.717, 1.165) is 10.6 Å². The number of thiophene rings is 1. The Morgan fingerprint density at radius 2 is 2.39 bits per heavy atom. The zero-order chi connectivity index (χ0) is 12.8. The summed E-state index contributed by atoms with van der Waals surface area (Å²) >= 11 is 7.15. The average Bonchev–Trinajstić information content (AvgIpc) is 2.98. The largest absolute Gasteiger partial charge is 0.296 e. The molecule has 0 aromatic carbocycles. The molecule has 0 aliphatic heterocycles. The van der Waals surface area contributed by atoms with Crippen LogP contribution >= 0.6 is 23.6 Å². The number of nitrogens with one attached hydrogen (secondary N) is 1. The van der Waals surface area contributed by atoms with Gasteiger partial charge in [0.25, 0.3) is 0 Å². The van der Waals surface area contributed by atoms with Crippen LogP contribution in [0.5, 0.6) is 0 Å². The first kappa shape index (κ1) is 12.1. The van der Waals surface area contributed by atoms with Crippen molar-refractivity contribution in [1.29, 1.82) is 0 Å². The van der Waals surface area contributed by atoms with Crippen molar-refractivity contribution in [3.05, 3.63) is 22.3 Å². The van der Waals surface area contributed by atoms with Crippen molar-refractivity contribution in [2.24, 2.45) is 5.41 Å². The van der Waals surface area contributed by atoms with E-state index in [0.29, 0.717) is 11.5 Å². The van der Waals surface area contributed by atoms with Crippen molar-refractivity contribution >= 4 is 23.6 Å². The number of aromatic amines is 1. The Balaban J connectivity index is 2.12. The summed E-state index contributed by atoms with van der Waals surface area (Å²) < 4.78 is 2.98. The number of hydrogen-bond acceptors (Lipinski definition) is 3. The zero-order valence-electron chi connectivity index (χ0n) is 10.6. The molecule has 96 valence electrons. The molecule has 2 aromatic heterocycles. The summed E-state index contributed by atoms with van der Waals surface area (Å²) in [6, 6.07) is 4.62. The Kier molecular flexibility index (Phi) is 2.90. The fourth-order valence-corrected chi connectivity index (χ4v) is 3.93. The third-order valence-electron chi connectivity index (χ3n) is 3.96. The van der Waals surface area contributed by atoms with Gasteiger partial charge in [0.15, 0.2) is 10.6 Å². The Hall–Kier alpha value is -0.940. The van der Waals surface area contributed by atoms with Crippen LogP contribution in [0.25, 0.3) is 10.7 Å². The highest BCUT2D eigenvalue weighted by Crippen LogP contribution is 2.47. The van der Waals surface area contributed by atoms with E-state index in [2.05, 4.69) is 46.1 Å². The molecule has 3 rings (SSSR count). The summed E-state index contributed by atoms with van der Waals surface area (Å²) in [5, 5.41) is 9.47. The highest BCUT2D eigenvalue weighted by Gasteiger charge is 2.37.